The lowest BCUT2D eigenvalue weighted by Gasteiger charge is -2.36. The smallest absolute Gasteiger partial charge is 0.251 e. The van der Waals surface area contributed by atoms with Crippen molar-refractivity contribution in [1.82, 2.24) is 9.80 Å². The average molecular weight is 328 g/mol. The fourth-order valence-corrected chi connectivity index (χ4v) is 3.10. The number of carbonyl (C=O) groups excluding carboxylic acids is 1. The van der Waals surface area contributed by atoms with Crippen LogP contribution < -0.4 is 0 Å². The lowest BCUT2D eigenvalue weighted by Crippen LogP contribution is -2.52. The van der Waals surface area contributed by atoms with Crippen LogP contribution in [0.15, 0.2) is 0 Å². The largest absolute Gasteiger partial charge is 0.392 e. The van der Waals surface area contributed by atoms with Gasteiger partial charge in [0.25, 0.3) is 5.91 Å². The molecule has 2 rings (SSSR count). The minimum Gasteiger partial charge on any atom is -0.392 e. The van der Waals surface area contributed by atoms with Crippen LogP contribution in [0.1, 0.15) is 39.5 Å². The first-order chi connectivity index (χ1) is 11.1. The third kappa shape index (κ3) is 6.03. The number of piperazine rings is 1. The highest BCUT2D eigenvalue weighted by Gasteiger charge is 2.26. The predicted molar refractivity (Wildman–Crippen MR) is 88.3 cm³/mol. The van der Waals surface area contributed by atoms with Gasteiger partial charge in [0.15, 0.2) is 0 Å². The number of aliphatic hydroxyl groups excluding tert-OH is 1. The number of aliphatic hydroxyl groups is 1. The van der Waals surface area contributed by atoms with Crippen LogP contribution >= 0.6 is 0 Å². The third-order valence-corrected chi connectivity index (χ3v) is 4.78. The third-order valence-electron chi connectivity index (χ3n) is 4.78. The van der Waals surface area contributed by atoms with E-state index in [1.165, 1.54) is 6.42 Å². The molecule has 2 aliphatic heterocycles. The van der Waals surface area contributed by atoms with E-state index < -0.39 is 6.10 Å². The monoisotopic (exact) mass is 328 g/mol. The number of amides is 1. The molecule has 0 saturated carbocycles. The van der Waals surface area contributed by atoms with E-state index in [0.717, 1.165) is 39.0 Å². The van der Waals surface area contributed by atoms with Gasteiger partial charge in [-0.3, -0.25) is 9.69 Å². The molecule has 0 aromatic heterocycles. The van der Waals surface area contributed by atoms with Crippen molar-refractivity contribution >= 4 is 5.91 Å². The zero-order valence-electron chi connectivity index (χ0n) is 14.6. The molecule has 1 amide bonds. The summed E-state index contributed by atoms with van der Waals surface area (Å²) >= 11 is 0. The van der Waals surface area contributed by atoms with Crippen molar-refractivity contribution in [3.8, 4) is 0 Å². The Morgan fingerprint density at radius 2 is 2.04 bits per heavy atom. The average Bonchev–Trinajstić information content (AvgIpc) is 2.60. The van der Waals surface area contributed by atoms with Crippen LogP contribution in [0.25, 0.3) is 0 Å². The van der Waals surface area contributed by atoms with Crippen LogP contribution in [-0.4, -0.2) is 85.1 Å². The molecule has 0 bridgehead atoms. The van der Waals surface area contributed by atoms with E-state index in [1.54, 1.807) is 0 Å². The molecule has 0 radical (unpaired) electrons. The second-order valence-corrected chi connectivity index (χ2v) is 6.65. The van der Waals surface area contributed by atoms with E-state index in [-0.39, 0.29) is 18.1 Å². The van der Waals surface area contributed by atoms with Crippen LogP contribution in [0, 0.1) is 0 Å². The first kappa shape index (κ1) is 18.6. The Morgan fingerprint density at radius 1 is 1.30 bits per heavy atom. The summed E-state index contributed by atoms with van der Waals surface area (Å²) in [6.45, 7) is 8.90. The van der Waals surface area contributed by atoms with Gasteiger partial charge in [-0.1, -0.05) is 6.92 Å². The Morgan fingerprint density at radius 3 is 2.65 bits per heavy atom. The van der Waals surface area contributed by atoms with Crippen molar-refractivity contribution in [3.63, 3.8) is 0 Å². The lowest BCUT2D eigenvalue weighted by atomic mass is 10.1. The molecule has 6 nitrogen and oxygen atoms in total. The molecule has 0 aromatic carbocycles. The van der Waals surface area contributed by atoms with E-state index in [4.69, 9.17) is 9.47 Å². The van der Waals surface area contributed by atoms with Crippen LogP contribution in [0.5, 0.6) is 0 Å². The molecule has 2 aliphatic rings. The summed E-state index contributed by atoms with van der Waals surface area (Å²) in [5, 5.41) is 9.71. The molecule has 1 N–H and O–H groups in total. The zero-order valence-corrected chi connectivity index (χ0v) is 14.6. The van der Waals surface area contributed by atoms with Crippen molar-refractivity contribution in [2.24, 2.45) is 0 Å². The minimum absolute atomic E-state index is 0.0662. The second kappa shape index (κ2) is 9.57. The summed E-state index contributed by atoms with van der Waals surface area (Å²) in [6, 6.07) is 0. The quantitative estimate of drug-likeness (QED) is 0.751. The molecule has 134 valence electrons. The molecule has 2 saturated heterocycles. The van der Waals surface area contributed by atoms with Crippen molar-refractivity contribution in [2.45, 2.75) is 57.8 Å². The minimum atomic E-state index is -0.409. The Balaban J connectivity index is 1.67. The number of nitrogens with zero attached hydrogens (tertiary/aromatic N) is 2. The Hall–Kier alpha value is -0.690. The number of hydrogen-bond acceptors (Lipinski definition) is 5. The summed E-state index contributed by atoms with van der Waals surface area (Å²) in [6.07, 6.45) is 3.57. The van der Waals surface area contributed by atoms with Gasteiger partial charge in [-0.2, -0.15) is 0 Å². The first-order valence-corrected chi connectivity index (χ1v) is 9.02. The Bertz CT molecular complexity index is 353. The van der Waals surface area contributed by atoms with E-state index in [2.05, 4.69) is 4.90 Å². The maximum absolute atomic E-state index is 12.4. The number of hydrogen-bond donors (Lipinski definition) is 1. The van der Waals surface area contributed by atoms with Crippen LogP contribution in [0.4, 0.5) is 0 Å². The summed E-state index contributed by atoms with van der Waals surface area (Å²) in [5.74, 6) is 0.0662. The molecule has 0 spiro atoms. The predicted octanol–water partition coefficient (Wildman–Crippen LogP) is 0.876. The normalized spacial score (nSPS) is 26.0. The lowest BCUT2D eigenvalue weighted by molar-refractivity contribution is -0.148. The fourth-order valence-electron chi connectivity index (χ4n) is 3.10. The van der Waals surface area contributed by atoms with Crippen LogP contribution in [0.2, 0.25) is 0 Å². The van der Waals surface area contributed by atoms with Gasteiger partial charge >= 0.3 is 0 Å². The fraction of sp³-hybridized carbons (Fsp3) is 0.941. The zero-order chi connectivity index (χ0) is 16.7. The van der Waals surface area contributed by atoms with Crippen LogP contribution in [0.3, 0.4) is 0 Å². The van der Waals surface area contributed by atoms with Gasteiger partial charge in [0.05, 0.1) is 18.8 Å². The second-order valence-electron chi connectivity index (χ2n) is 6.65. The maximum Gasteiger partial charge on any atom is 0.251 e. The molecule has 2 heterocycles. The number of carbonyl (C=O) groups is 1. The van der Waals surface area contributed by atoms with Gasteiger partial charge in [0, 0.05) is 39.3 Å². The summed E-state index contributed by atoms with van der Waals surface area (Å²) in [7, 11) is 0. The molecular formula is C17H32N2O4. The molecule has 23 heavy (non-hydrogen) atoms. The molecule has 2 fully saturated rings. The molecular weight excluding hydrogens is 296 g/mol. The summed E-state index contributed by atoms with van der Waals surface area (Å²) < 4.78 is 11.4. The van der Waals surface area contributed by atoms with Crippen molar-refractivity contribution in [3.05, 3.63) is 0 Å². The van der Waals surface area contributed by atoms with Crippen LogP contribution in [-0.2, 0) is 14.3 Å². The van der Waals surface area contributed by atoms with Gasteiger partial charge in [0.2, 0.25) is 0 Å². The van der Waals surface area contributed by atoms with Crippen molar-refractivity contribution in [1.29, 1.82) is 0 Å². The van der Waals surface area contributed by atoms with Gasteiger partial charge in [-0.15, -0.1) is 0 Å². The van der Waals surface area contributed by atoms with E-state index in [9.17, 15) is 9.90 Å². The molecule has 3 atom stereocenters. The van der Waals surface area contributed by atoms with Gasteiger partial charge in [-0.25, -0.2) is 0 Å². The molecule has 0 aliphatic carbocycles. The van der Waals surface area contributed by atoms with E-state index in [0.29, 0.717) is 26.2 Å². The van der Waals surface area contributed by atoms with Gasteiger partial charge in [0.1, 0.15) is 6.10 Å². The van der Waals surface area contributed by atoms with Gasteiger partial charge < -0.3 is 19.5 Å². The molecule has 0 unspecified atom stereocenters. The highest BCUT2D eigenvalue weighted by molar-refractivity contribution is 5.80. The highest BCUT2D eigenvalue weighted by Crippen LogP contribution is 2.14. The van der Waals surface area contributed by atoms with E-state index in [1.807, 2.05) is 18.7 Å². The molecule has 6 heteroatoms. The molecule has 0 aromatic rings. The standard InChI is InChI=1S/C17H32N2O4/c1-3-15(20)12-18-7-9-19(10-8-18)17(21)14(2)23-13-16-6-4-5-11-22-16/h14-16,20H,3-13H2,1-2H3/t14-,15+,16-/m1/s1. The number of rotatable bonds is 7. The van der Waals surface area contributed by atoms with Gasteiger partial charge in [-0.05, 0) is 32.6 Å². The summed E-state index contributed by atoms with van der Waals surface area (Å²) in [4.78, 5) is 16.5. The highest BCUT2D eigenvalue weighted by atomic mass is 16.5. The first-order valence-electron chi connectivity index (χ1n) is 9.02. The summed E-state index contributed by atoms with van der Waals surface area (Å²) in [5.41, 5.74) is 0. The number of ether oxygens (including phenoxy) is 2. The maximum atomic E-state index is 12.4. The number of β-amino-alcohol motifs (C(OH)–C–C–N with tert-alkyl or cyclic N) is 1. The Kier molecular flexibility index (Phi) is 7.76. The van der Waals surface area contributed by atoms with E-state index >= 15 is 0 Å². The SMILES string of the molecule is CC[C@H](O)CN1CCN(C(=O)[C@@H](C)OC[C@H]2CCCCO2)CC1. The van der Waals surface area contributed by atoms with Crippen molar-refractivity contribution < 1.29 is 19.4 Å². The van der Waals surface area contributed by atoms with Crippen molar-refractivity contribution in [2.75, 3.05) is 45.9 Å². The topological polar surface area (TPSA) is 62.2 Å². The Labute approximate surface area is 139 Å².